The van der Waals surface area contributed by atoms with Crippen LogP contribution in [0.5, 0.6) is 0 Å². The van der Waals surface area contributed by atoms with Crippen LogP contribution in [0.2, 0.25) is 0 Å². The molecule has 0 aromatic carbocycles. The van der Waals surface area contributed by atoms with Crippen molar-refractivity contribution in [3.63, 3.8) is 0 Å². The van der Waals surface area contributed by atoms with E-state index in [2.05, 4.69) is 42.8 Å². The molecule has 1 aromatic heterocycles. The number of nitrogens with one attached hydrogen (secondary N) is 1. The summed E-state index contributed by atoms with van der Waals surface area (Å²) in [5, 5.41) is 3.54. The van der Waals surface area contributed by atoms with Crippen molar-refractivity contribution in [2.24, 2.45) is 5.92 Å². The van der Waals surface area contributed by atoms with E-state index in [0.717, 1.165) is 26.2 Å². The predicted molar refractivity (Wildman–Crippen MR) is 79.3 cm³/mol. The average Bonchev–Trinajstić information content (AvgIpc) is 2.99. The molecule has 0 spiro atoms. The molecule has 0 amide bonds. The maximum atomic E-state index is 5.64. The third-order valence-corrected chi connectivity index (χ3v) is 3.80. The molecule has 0 aliphatic carbocycles. The van der Waals surface area contributed by atoms with E-state index in [9.17, 15) is 0 Å². The zero-order valence-corrected chi connectivity index (χ0v) is 12.6. The van der Waals surface area contributed by atoms with E-state index < -0.39 is 0 Å². The molecular weight excluding hydrogens is 236 g/mol. The zero-order chi connectivity index (χ0) is 13.7. The molecule has 3 heteroatoms. The summed E-state index contributed by atoms with van der Waals surface area (Å²) in [5.41, 5.74) is 2.86. The van der Waals surface area contributed by atoms with Gasteiger partial charge < -0.3 is 14.6 Å². The standard InChI is InChI=1S/C16H28N2O/c1-4-18-14(10-13(2)3)7-8-15(18)11-17-12-16-6-5-9-19-16/h7-8,13,16-17H,4-6,9-12H2,1-3H3/t16-/m1/s1. The maximum absolute atomic E-state index is 5.64. The summed E-state index contributed by atoms with van der Waals surface area (Å²) < 4.78 is 8.08. The second kappa shape index (κ2) is 7.11. The minimum Gasteiger partial charge on any atom is -0.377 e. The number of ether oxygens (including phenoxy) is 1. The Balaban J connectivity index is 1.86. The molecule has 1 aliphatic rings. The molecule has 2 heterocycles. The highest BCUT2D eigenvalue weighted by Crippen LogP contribution is 2.15. The van der Waals surface area contributed by atoms with Crippen molar-refractivity contribution in [3.8, 4) is 0 Å². The smallest absolute Gasteiger partial charge is 0.0700 e. The van der Waals surface area contributed by atoms with Crippen LogP contribution in [0.4, 0.5) is 0 Å². The van der Waals surface area contributed by atoms with Crippen molar-refractivity contribution in [1.29, 1.82) is 0 Å². The molecule has 108 valence electrons. The summed E-state index contributed by atoms with van der Waals surface area (Å²) in [6.45, 7) is 10.7. The Morgan fingerprint density at radius 1 is 1.37 bits per heavy atom. The number of aromatic nitrogens is 1. The molecule has 0 bridgehead atoms. The first-order valence-electron chi connectivity index (χ1n) is 7.70. The quantitative estimate of drug-likeness (QED) is 0.819. The second-order valence-electron chi connectivity index (χ2n) is 5.92. The van der Waals surface area contributed by atoms with E-state index >= 15 is 0 Å². The van der Waals surface area contributed by atoms with E-state index in [1.807, 2.05) is 0 Å². The first kappa shape index (κ1) is 14.6. The van der Waals surface area contributed by atoms with Gasteiger partial charge in [0.05, 0.1) is 6.10 Å². The Hall–Kier alpha value is -0.800. The van der Waals surface area contributed by atoms with Gasteiger partial charge in [-0.2, -0.15) is 0 Å². The minimum atomic E-state index is 0.431. The monoisotopic (exact) mass is 264 g/mol. The Morgan fingerprint density at radius 2 is 2.16 bits per heavy atom. The molecule has 1 aliphatic heterocycles. The first-order chi connectivity index (χ1) is 9.20. The highest BCUT2D eigenvalue weighted by atomic mass is 16.5. The van der Waals surface area contributed by atoms with Crippen LogP contribution in [-0.4, -0.2) is 23.8 Å². The largest absolute Gasteiger partial charge is 0.377 e. The van der Waals surface area contributed by atoms with Crippen LogP contribution in [0.15, 0.2) is 12.1 Å². The van der Waals surface area contributed by atoms with Gasteiger partial charge in [0.15, 0.2) is 0 Å². The number of hydrogen-bond acceptors (Lipinski definition) is 2. The Bertz CT molecular complexity index is 378. The molecule has 1 N–H and O–H groups in total. The van der Waals surface area contributed by atoms with Crippen molar-refractivity contribution < 1.29 is 4.74 Å². The van der Waals surface area contributed by atoms with Crippen molar-refractivity contribution in [2.75, 3.05) is 13.2 Å². The molecule has 1 aromatic rings. The third-order valence-electron chi connectivity index (χ3n) is 3.80. The van der Waals surface area contributed by atoms with Gasteiger partial charge in [-0.15, -0.1) is 0 Å². The fourth-order valence-corrected chi connectivity index (χ4v) is 2.88. The van der Waals surface area contributed by atoms with Crippen LogP contribution in [-0.2, 0) is 24.2 Å². The molecule has 0 radical (unpaired) electrons. The predicted octanol–water partition coefficient (Wildman–Crippen LogP) is 2.98. The van der Waals surface area contributed by atoms with Crippen LogP contribution < -0.4 is 5.32 Å². The number of hydrogen-bond donors (Lipinski definition) is 1. The van der Waals surface area contributed by atoms with Gasteiger partial charge in [-0.05, 0) is 44.2 Å². The maximum Gasteiger partial charge on any atom is 0.0700 e. The van der Waals surface area contributed by atoms with Gasteiger partial charge in [-0.3, -0.25) is 0 Å². The Morgan fingerprint density at radius 3 is 2.79 bits per heavy atom. The molecule has 19 heavy (non-hydrogen) atoms. The van der Waals surface area contributed by atoms with Crippen molar-refractivity contribution in [3.05, 3.63) is 23.5 Å². The fraction of sp³-hybridized carbons (Fsp3) is 0.750. The summed E-state index contributed by atoms with van der Waals surface area (Å²) in [6.07, 6.45) is 4.02. The SMILES string of the molecule is CCn1c(CNC[C@H]2CCCO2)ccc1CC(C)C. The topological polar surface area (TPSA) is 26.2 Å². The lowest BCUT2D eigenvalue weighted by molar-refractivity contribution is 0.110. The van der Waals surface area contributed by atoms with Crippen LogP contribution in [0.1, 0.15) is 45.0 Å². The summed E-state index contributed by atoms with van der Waals surface area (Å²) in [5.74, 6) is 0.716. The zero-order valence-electron chi connectivity index (χ0n) is 12.6. The first-order valence-corrected chi connectivity index (χ1v) is 7.70. The molecule has 1 fully saturated rings. The van der Waals surface area contributed by atoms with Gasteiger partial charge in [0, 0.05) is 37.6 Å². The number of rotatable bonds is 7. The van der Waals surface area contributed by atoms with Crippen LogP contribution in [0, 0.1) is 5.92 Å². The highest BCUT2D eigenvalue weighted by Gasteiger charge is 2.15. The second-order valence-corrected chi connectivity index (χ2v) is 5.92. The van der Waals surface area contributed by atoms with Crippen LogP contribution in [0.25, 0.3) is 0 Å². The fourth-order valence-electron chi connectivity index (χ4n) is 2.88. The van der Waals surface area contributed by atoms with E-state index in [1.54, 1.807) is 0 Å². The van der Waals surface area contributed by atoms with Gasteiger partial charge in [0.2, 0.25) is 0 Å². The molecular formula is C16H28N2O. The van der Waals surface area contributed by atoms with Crippen LogP contribution >= 0.6 is 0 Å². The van der Waals surface area contributed by atoms with Gasteiger partial charge in [-0.1, -0.05) is 13.8 Å². The van der Waals surface area contributed by atoms with Crippen molar-refractivity contribution >= 4 is 0 Å². The molecule has 3 nitrogen and oxygen atoms in total. The lowest BCUT2D eigenvalue weighted by atomic mass is 10.1. The van der Waals surface area contributed by atoms with Gasteiger partial charge in [0.25, 0.3) is 0 Å². The normalized spacial score (nSPS) is 19.5. The summed E-state index contributed by atoms with van der Waals surface area (Å²) in [7, 11) is 0. The summed E-state index contributed by atoms with van der Waals surface area (Å²) >= 11 is 0. The van der Waals surface area contributed by atoms with Crippen LogP contribution in [0.3, 0.4) is 0 Å². The Labute approximate surface area is 117 Å². The lowest BCUT2D eigenvalue weighted by Crippen LogP contribution is -2.26. The summed E-state index contributed by atoms with van der Waals surface area (Å²) in [4.78, 5) is 0. The molecule has 0 unspecified atom stereocenters. The average molecular weight is 264 g/mol. The lowest BCUT2D eigenvalue weighted by Gasteiger charge is -2.14. The Kier molecular flexibility index (Phi) is 5.46. The van der Waals surface area contributed by atoms with E-state index in [-0.39, 0.29) is 0 Å². The number of nitrogens with zero attached hydrogens (tertiary/aromatic N) is 1. The van der Waals surface area contributed by atoms with Gasteiger partial charge >= 0.3 is 0 Å². The van der Waals surface area contributed by atoms with Crippen molar-refractivity contribution in [2.45, 2.75) is 59.2 Å². The minimum absolute atomic E-state index is 0.431. The third kappa shape index (κ3) is 4.08. The highest BCUT2D eigenvalue weighted by molar-refractivity contribution is 5.17. The van der Waals surface area contributed by atoms with Gasteiger partial charge in [-0.25, -0.2) is 0 Å². The summed E-state index contributed by atoms with van der Waals surface area (Å²) in [6, 6.07) is 4.55. The molecule has 2 rings (SSSR count). The molecule has 1 atom stereocenters. The molecule has 1 saturated heterocycles. The van der Waals surface area contributed by atoms with E-state index in [0.29, 0.717) is 12.0 Å². The van der Waals surface area contributed by atoms with Crippen molar-refractivity contribution in [1.82, 2.24) is 9.88 Å². The molecule has 0 saturated carbocycles. The van der Waals surface area contributed by atoms with Gasteiger partial charge in [0.1, 0.15) is 0 Å². The van der Waals surface area contributed by atoms with E-state index in [4.69, 9.17) is 4.74 Å². The van der Waals surface area contributed by atoms with E-state index in [1.165, 1.54) is 30.7 Å².